The number of hydrogen-bond donors (Lipinski definition) is 0. The summed E-state index contributed by atoms with van der Waals surface area (Å²) in [5.41, 5.74) is 1.25. The molecule has 0 aromatic carbocycles. The van der Waals surface area contributed by atoms with Gasteiger partial charge in [0.1, 0.15) is 0 Å². The van der Waals surface area contributed by atoms with Crippen molar-refractivity contribution in [3.63, 3.8) is 0 Å². The molecule has 0 aromatic rings. The monoisotopic (exact) mass is 380 g/mol. The summed E-state index contributed by atoms with van der Waals surface area (Å²) in [5, 5.41) is 0. The van der Waals surface area contributed by atoms with E-state index in [4.69, 9.17) is 0 Å². The lowest BCUT2D eigenvalue weighted by Gasteiger charge is -2.59. The molecule has 0 nitrogen and oxygen atoms in total. The van der Waals surface area contributed by atoms with Gasteiger partial charge in [-0.15, -0.1) is 0 Å². The lowest BCUT2D eigenvalue weighted by molar-refractivity contribution is -0.229. The van der Waals surface area contributed by atoms with Crippen LogP contribution >= 0.6 is 0 Å². The van der Waals surface area contributed by atoms with E-state index in [9.17, 15) is 13.2 Å². The van der Waals surface area contributed by atoms with Crippen LogP contribution in [0.5, 0.6) is 0 Å². The highest BCUT2D eigenvalue weighted by atomic mass is 19.4. The van der Waals surface area contributed by atoms with Crippen molar-refractivity contribution < 1.29 is 13.2 Å². The fourth-order valence-corrected chi connectivity index (χ4v) is 7.87. The van der Waals surface area contributed by atoms with E-state index in [1.165, 1.54) is 38.2 Å². The van der Waals surface area contributed by atoms with Gasteiger partial charge in [0.15, 0.2) is 0 Å². The highest BCUT2D eigenvalue weighted by molar-refractivity contribution is 5.27. The Kier molecular flexibility index (Phi) is 4.27. The van der Waals surface area contributed by atoms with Gasteiger partial charge in [0.2, 0.25) is 0 Å². The molecule has 7 atom stereocenters. The Morgan fingerprint density at radius 3 is 2.37 bits per heavy atom. The predicted molar refractivity (Wildman–Crippen MR) is 104 cm³/mol. The summed E-state index contributed by atoms with van der Waals surface area (Å²) in [7, 11) is 0. The molecule has 4 aliphatic rings. The maximum atomic E-state index is 13.7. The molecule has 3 saturated carbocycles. The van der Waals surface area contributed by atoms with Crippen LogP contribution in [-0.4, -0.2) is 6.18 Å². The van der Waals surface area contributed by atoms with Gasteiger partial charge in [-0.3, -0.25) is 0 Å². The van der Waals surface area contributed by atoms with Gasteiger partial charge in [0.05, 0.1) is 5.41 Å². The van der Waals surface area contributed by atoms with Crippen molar-refractivity contribution in [1.29, 1.82) is 0 Å². The lowest BCUT2D eigenvalue weighted by atomic mass is 9.45. The molecule has 0 radical (unpaired) electrons. The number of fused-ring (bicyclic) bond motifs is 5. The number of hydrogen-bond acceptors (Lipinski definition) is 0. The van der Waals surface area contributed by atoms with Crippen molar-refractivity contribution in [1.82, 2.24) is 0 Å². The summed E-state index contributed by atoms with van der Waals surface area (Å²) in [6.45, 7) is 12.7. The number of halogens is 3. The minimum absolute atomic E-state index is 0.0175. The van der Waals surface area contributed by atoms with Gasteiger partial charge in [0, 0.05) is 0 Å². The third-order valence-corrected chi connectivity index (χ3v) is 9.68. The third kappa shape index (κ3) is 2.62. The van der Waals surface area contributed by atoms with Crippen LogP contribution in [0, 0.1) is 39.9 Å². The van der Waals surface area contributed by atoms with Crippen molar-refractivity contribution in [2.24, 2.45) is 39.9 Å². The molecule has 0 unspecified atom stereocenters. The number of rotatable bonds is 1. The summed E-state index contributed by atoms with van der Waals surface area (Å²) in [4.78, 5) is 0. The molecular formula is C24H35F3. The second-order valence-electron chi connectivity index (χ2n) is 11.0. The quantitative estimate of drug-likeness (QED) is 0.409. The molecule has 152 valence electrons. The van der Waals surface area contributed by atoms with E-state index in [0.29, 0.717) is 35.5 Å². The maximum Gasteiger partial charge on any atom is 0.394 e. The molecule has 0 saturated heterocycles. The van der Waals surface area contributed by atoms with Crippen LogP contribution in [0.25, 0.3) is 0 Å². The minimum Gasteiger partial charge on any atom is -0.171 e. The smallest absolute Gasteiger partial charge is 0.171 e. The second-order valence-corrected chi connectivity index (χ2v) is 11.0. The van der Waals surface area contributed by atoms with Crippen molar-refractivity contribution in [2.45, 2.75) is 85.2 Å². The van der Waals surface area contributed by atoms with E-state index in [0.717, 1.165) is 12.0 Å². The van der Waals surface area contributed by atoms with Crippen LogP contribution in [0.1, 0.15) is 79.1 Å². The molecule has 0 N–H and O–H groups in total. The Balaban J connectivity index is 1.64. The average Bonchev–Trinajstić information content (AvgIpc) is 2.92. The van der Waals surface area contributed by atoms with Crippen LogP contribution < -0.4 is 0 Å². The van der Waals surface area contributed by atoms with E-state index in [2.05, 4.69) is 33.4 Å². The van der Waals surface area contributed by atoms with Crippen molar-refractivity contribution >= 4 is 0 Å². The van der Waals surface area contributed by atoms with Gasteiger partial charge in [-0.1, -0.05) is 44.6 Å². The van der Waals surface area contributed by atoms with E-state index in [-0.39, 0.29) is 18.3 Å². The molecule has 0 heterocycles. The first-order valence-electron chi connectivity index (χ1n) is 10.8. The van der Waals surface area contributed by atoms with E-state index >= 15 is 0 Å². The molecule has 3 heteroatoms. The van der Waals surface area contributed by atoms with Crippen LogP contribution in [0.15, 0.2) is 23.8 Å². The largest absolute Gasteiger partial charge is 0.394 e. The zero-order valence-electron chi connectivity index (χ0n) is 17.4. The van der Waals surface area contributed by atoms with Gasteiger partial charge < -0.3 is 0 Å². The third-order valence-electron chi connectivity index (χ3n) is 9.68. The Morgan fingerprint density at radius 1 is 1.04 bits per heavy atom. The Labute approximate surface area is 162 Å². The Morgan fingerprint density at radius 2 is 1.74 bits per heavy atom. The first-order chi connectivity index (χ1) is 12.4. The van der Waals surface area contributed by atoms with Crippen LogP contribution in [-0.2, 0) is 0 Å². The Hall–Kier alpha value is -0.730. The van der Waals surface area contributed by atoms with E-state index < -0.39 is 11.6 Å². The summed E-state index contributed by atoms with van der Waals surface area (Å²) in [5.74, 6) is 2.55. The molecule has 27 heavy (non-hydrogen) atoms. The van der Waals surface area contributed by atoms with Crippen LogP contribution in [0.3, 0.4) is 0 Å². The molecule has 0 aliphatic heterocycles. The zero-order valence-corrected chi connectivity index (χ0v) is 17.4. The highest BCUT2D eigenvalue weighted by Crippen LogP contribution is 2.68. The summed E-state index contributed by atoms with van der Waals surface area (Å²) in [6, 6.07) is 0. The number of alkyl halides is 3. The fourth-order valence-electron chi connectivity index (χ4n) is 7.87. The van der Waals surface area contributed by atoms with Gasteiger partial charge in [-0.25, -0.2) is 0 Å². The molecule has 0 aromatic heterocycles. The zero-order chi connectivity index (χ0) is 19.8. The highest BCUT2D eigenvalue weighted by Gasteiger charge is 2.62. The van der Waals surface area contributed by atoms with Gasteiger partial charge in [0.25, 0.3) is 0 Å². The molecule has 4 rings (SSSR count). The van der Waals surface area contributed by atoms with E-state index in [1.54, 1.807) is 0 Å². The van der Waals surface area contributed by atoms with Crippen molar-refractivity contribution in [3.05, 3.63) is 23.8 Å². The molecule has 0 amide bonds. The molecule has 3 fully saturated rings. The molecule has 4 aliphatic carbocycles. The minimum atomic E-state index is -4.10. The van der Waals surface area contributed by atoms with Gasteiger partial charge >= 0.3 is 6.18 Å². The normalized spacial score (nSPS) is 49.7. The first-order valence-corrected chi connectivity index (χ1v) is 10.8. The average molecular weight is 381 g/mol. The van der Waals surface area contributed by atoms with Crippen LogP contribution in [0.4, 0.5) is 13.2 Å². The van der Waals surface area contributed by atoms with Gasteiger partial charge in [-0.05, 0) is 92.8 Å². The van der Waals surface area contributed by atoms with Crippen LogP contribution in [0.2, 0.25) is 0 Å². The molecular weight excluding hydrogens is 345 g/mol. The first kappa shape index (κ1) is 19.6. The van der Waals surface area contributed by atoms with Crippen molar-refractivity contribution in [2.75, 3.05) is 0 Å². The van der Waals surface area contributed by atoms with Crippen molar-refractivity contribution in [3.8, 4) is 0 Å². The predicted octanol–water partition coefficient (Wildman–Crippen LogP) is 7.71. The fraction of sp³-hybridized carbons (Fsp3) is 0.833. The second kappa shape index (κ2) is 5.89. The maximum absolute atomic E-state index is 13.7. The summed E-state index contributed by atoms with van der Waals surface area (Å²) < 4.78 is 41.0. The molecule has 0 bridgehead atoms. The lowest BCUT2D eigenvalue weighted by Crippen LogP contribution is -2.52. The van der Waals surface area contributed by atoms with E-state index in [1.807, 2.05) is 0 Å². The summed E-state index contributed by atoms with van der Waals surface area (Å²) >= 11 is 0. The SMILES string of the molecule is C=C(C)[C@H]1CC[C@H]2[C@@H]3CC=C4C[C@](C)(C(F)(F)F)CC[C@]4(C)[C@H]3CC[C@]12C. The number of allylic oxidation sites excluding steroid dienone is 3. The summed E-state index contributed by atoms with van der Waals surface area (Å²) in [6.07, 6.45) is 5.25. The topological polar surface area (TPSA) is 0 Å². The standard InChI is InChI=1S/C24H35F3/c1-15(2)18-8-9-19-17-7-6-16-14-21(3,24(25,26)27)12-13-22(16,4)20(17)10-11-23(18,19)5/h6,17-20H,1,7-14H2,2-5H3/t17-,18+,19-,20-,21+,22-,23+/m0/s1. The van der Waals surface area contributed by atoms with Gasteiger partial charge in [-0.2, -0.15) is 13.2 Å². The molecule has 0 spiro atoms. The Bertz CT molecular complexity index is 674.